The number of para-hydroxylation sites is 2. The summed E-state index contributed by atoms with van der Waals surface area (Å²) in [6.07, 6.45) is 0.455. The molecule has 3 rings (SSSR count). The Balaban J connectivity index is 1.68. The molecule has 9 heteroatoms. The van der Waals surface area contributed by atoms with Gasteiger partial charge in [-0.2, -0.15) is 5.26 Å². The molecule has 0 unspecified atom stereocenters. The zero-order valence-corrected chi connectivity index (χ0v) is 19.5. The van der Waals surface area contributed by atoms with Crippen LogP contribution in [0.1, 0.15) is 35.3 Å². The minimum absolute atomic E-state index is 0.271. The van der Waals surface area contributed by atoms with E-state index in [-0.39, 0.29) is 5.69 Å². The van der Waals surface area contributed by atoms with Gasteiger partial charge >= 0.3 is 6.09 Å². The molecule has 0 atom stereocenters. The molecule has 180 valence electrons. The number of aromatic nitrogens is 1. The standard InChI is InChI=1S/C26H27N5O4/c1-17(2)28-11-12-35-16-18-13-21(14-27)24(29-15-18)19-7-9-20(10-8-19)25(32)30-22-5-3-4-6-23(22)31-26(33)34/h3-10,13,15,17,28,31H,11-12,16H2,1-2H3,(H,30,32)(H,33,34). The lowest BCUT2D eigenvalue weighted by molar-refractivity contribution is 0.102. The van der Waals surface area contributed by atoms with Gasteiger partial charge in [-0.05, 0) is 35.9 Å². The van der Waals surface area contributed by atoms with E-state index in [0.29, 0.717) is 47.3 Å². The van der Waals surface area contributed by atoms with Crippen LogP contribution in [0.5, 0.6) is 0 Å². The second-order valence-electron chi connectivity index (χ2n) is 8.02. The number of carboxylic acid groups (broad SMARTS) is 1. The Bertz CT molecular complexity index is 1220. The Labute approximate surface area is 203 Å². The molecule has 35 heavy (non-hydrogen) atoms. The van der Waals surface area contributed by atoms with Gasteiger partial charge in [0, 0.05) is 29.9 Å². The van der Waals surface area contributed by atoms with Crippen LogP contribution >= 0.6 is 0 Å². The fourth-order valence-corrected chi connectivity index (χ4v) is 3.30. The van der Waals surface area contributed by atoms with Crippen LogP contribution in [0.4, 0.5) is 16.2 Å². The van der Waals surface area contributed by atoms with Crippen molar-refractivity contribution in [1.82, 2.24) is 10.3 Å². The summed E-state index contributed by atoms with van der Waals surface area (Å²) in [5.41, 5.74) is 3.41. The zero-order valence-electron chi connectivity index (χ0n) is 19.5. The highest BCUT2D eigenvalue weighted by Gasteiger charge is 2.13. The Morgan fingerprint density at radius 3 is 2.40 bits per heavy atom. The van der Waals surface area contributed by atoms with Gasteiger partial charge in [0.2, 0.25) is 0 Å². The molecule has 3 aromatic rings. The second kappa shape index (κ2) is 12.3. The first-order valence-electron chi connectivity index (χ1n) is 11.1. The summed E-state index contributed by atoms with van der Waals surface area (Å²) in [5.74, 6) is -0.399. The van der Waals surface area contributed by atoms with Crippen molar-refractivity contribution < 1.29 is 19.4 Å². The van der Waals surface area contributed by atoms with Gasteiger partial charge in [0.15, 0.2) is 0 Å². The van der Waals surface area contributed by atoms with E-state index in [2.05, 4.69) is 40.9 Å². The van der Waals surface area contributed by atoms with E-state index >= 15 is 0 Å². The van der Waals surface area contributed by atoms with Gasteiger partial charge < -0.3 is 20.5 Å². The van der Waals surface area contributed by atoms with Crippen LogP contribution in [0.25, 0.3) is 11.3 Å². The number of hydrogen-bond donors (Lipinski definition) is 4. The highest BCUT2D eigenvalue weighted by Crippen LogP contribution is 2.24. The first-order valence-corrected chi connectivity index (χ1v) is 11.1. The van der Waals surface area contributed by atoms with E-state index in [9.17, 15) is 14.9 Å². The van der Waals surface area contributed by atoms with Crippen molar-refractivity contribution in [1.29, 1.82) is 5.26 Å². The number of ether oxygens (including phenoxy) is 1. The van der Waals surface area contributed by atoms with Gasteiger partial charge in [0.05, 0.1) is 35.8 Å². The predicted octanol–water partition coefficient (Wildman–Crippen LogP) is 4.48. The smallest absolute Gasteiger partial charge is 0.409 e. The number of benzene rings is 2. The molecule has 0 radical (unpaired) electrons. The van der Waals surface area contributed by atoms with E-state index in [1.807, 2.05) is 0 Å². The average molecular weight is 474 g/mol. The normalized spacial score (nSPS) is 10.6. The largest absolute Gasteiger partial charge is 0.465 e. The maximum Gasteiger partial charge on any atom is 0.409 e. The van der Waals surface area contributed by atoms with Crippen molar-refractivity contribution in [3.63, 3.8) is 0 Å². The number of pyridine rings is 1. The van der Waals surface area contributed by atoms with Crippen LogP contribution in [0.2, 0.25) is 0 Å². The highest BCUT2D eigenvalue weighted by atomic mass is 16.5. The third-order valence-corrected chi connectivity index (χ3v) is 4.97. The van der Waals surface area contributed by atoms with E-state index in [0.717, 1.165) is 12.1 Å². The van der Waals surface area contributed by atoms with Gasteiger partial charge in [-0.15, -0.1) is 0 Å². The number of carbonyl (C=O) groups excluding carboxylic acids is 1. The Hall–Kier alpha value is -4.26. The molecule has 1 heterocycles. The average Bonchev–Trinajstić information content (AvgIpc) is 2.84. The van der Waals surface area contributed by atoms with Crippen molar-refractivity contribution in [2.45, 2.75) is 26.5 Å². The quantitative estimate of drug-likeness (QED) is 0.319. The summed E-state index contributed by atoms with van der Waals surface area (Å²) >= 11 is 0. The molecule has 1 aromatic heterocycles. The Morgan fingerprint density at radius 1 is 1.09 bits per heavy atom. The molecule has 2 aromatic carbocycles. The summed E-state index contributed by atoms with van der Waals surface area (Å²) in [6.45, 7) is 5.80. The van der Waals surface area contributed by atoms with Gasteiger partial charge in [-0.1, -0.05) is 38.1 Å². The van der Waals surface area contributed by atoms with Gasteiger partial charge in [-0.25, -0.2) is 4.79 Å². The number of hydrogen-bond acceptors (Lipinski definition) is 6. The molecule has 0 bridgehead atoms. The van der Waals surface area contributed by atoms with Gasteiger partial charge in [0.25, 0.3) is 5.91 Å². The fourth-order valence-electron chi connectivity index (χ4n) is 3.30. The fraction of sp³-hybridized carbons (Fsp3) is 0.231. The topological polar surface area (TPSA) is 136 Å². The number of nitrogens with zero attached hydrogens (tertiary/aromatic N) is 2. The van der Waals surface area contributed by atoms with Crippen molar-refractivity contribution in [3.05, 3.63) is 77.5 Å². The van der Waals surface area contributed by atoms with E-state index in [1.54, 1.807) is 60.8 Å². The van der Waals surface area contributed by atoms with Crippen molar-refractivity contribution in [2.24, 2.45) is 0 Å². The van der Waals surface area contributed by atoms with Crippen molar-refractivity contribution in [3.8, 4) is 17.3 Å². The van der Waals surface area contributed by atoms with Crippen LogP contribution in [-0.4, -0.2) is 41.3 Å². The minimum atomic E-state index is -1.22. The summed E-state index contributed by atoms with van der Waals surface area (Å²) in [4.78, 5) is 28.1. The van der Waals surface area contributed by atoms with Crippen LogP contribution in [0.3, 0.4) is 0 Å². The lowest BCUT2D eigenvalue weighted by Gasteiger charge is -2.11. The lowest BCUT2D eigenvalue weighted by Crippen LogP contribution is -2.26. The Kier molecular flexibility index (Phi) is 8.89. The first-order chi connectivity index (χ1) is 16.9. The van der Waals surface area contributed by atoms with Crippen molar-refractivity contribution >= 4 is 23.4 Å². The maximum atomic E-state index is 12.7. The number of nitriles is 1. The predicted molar refractivity (Wildman–Crippen MR) is 133 cm³/mol. The molecule has 0 saturated heterocycles. The monoisotopic (exact) mass is 473 g/mol. The van der Waals surface area contributed by atoms with Crippen molar-refractivity contribution in [2.75, 3.05) is 23.8 Å². The van der Waals surface area contributed by atoms with Gasteiger partial charge in [0.1, 0.15) is 6.07 Å². The maximum absolute atomic E-state index is 12.7. The molecular formula is C26H27N5O4. The molecule has 0 fully saturated rings. The zero-order chi connectivity index (χ0) is 25.2. The number of carbonyl (C=O) groups is 2. The summed E-state index contributed by atoms with van der Waals surface area (Å²) in [5, 5.41) is 26.8. The summed E-state index contributed by atoms with van der Waals surface area (Å²) < 4.78 is 5.64. The molecule has 0 aliphatic rings. The summed E-state index contributed by atoms with van der Waals surface area (Å²) in [6, 6.07) is 17.5. The third kappa shape index (κ3) is 7.37. The van der Waals surface area contributed by atoms with E-state index in [1.165, 1.54) is 0 Å². The minimum Gasteiger partial charge on any atom is -0.465 e. The van der Waals surface area contributed by atoms with Crippen LogP contribution in [0.15, 0.2) is 60.8 Å². The second-order valence-corrected chi connectivity index (χ2v) is 8.02. The lowest BCUT2D eigenvalue weighted by atomic mass is 10.0. The first kappa shape index (κ1) is 25.4. The highest BCUT2D eigenvalue weighted by molar-refractivity contribution is 6.07. The van der Waals surface area contributed by atoms with Crippen LogP contribution < -0.4 is 16.0 Å². The molecule has 9 nitrogen and oxygen atoms in total. The Morgan fingerprint density at radius 2 is 1.77 bits per heavy atom. The molecule has 0 aliphatic heterocycles. The van der Waals surface area contributed by atoms with Crippen LogP contribution in [0, 0.1) is 11.3 Å². The molecule has 4 N–H and O–H groups in total. The molecule has 2 amide bonds. The number of nitrogens with one attached hydrogen (secondary N) is 3. The number of amides is 2. The van der Waals surface area contributed by atoms with E-state index in [4.69, 9.17) is 9.84 Å². The SMILES string of the molecule is CC(C)NCCOCc1cnc(-c2ccc(C(=O)Nc3ccccc3NC(=O)O)cc2)c(C#N)c1. The van der Waals surface area contributed by atoms with Crippen LogP contribution in [-0.2, 0) is 11.3 Å². The molecule has 0 saturated carbocycles. The third-order valence-electron chi connectivity index (χ3n) is 4.97. The summed E-state index contributed by atoms with van der Waals surface area (Å²) in [7, 11) is 0. The molecular weight excluding hydrogens is 446 g/mol. The van der Waals surface area contributed by atoms with E-state index < -0.39 is 12.0 Å². The van der Waals surface area contributed by atoms with Gasteiger partial charge in [-0.3, -0.25) is 15.1 Å². The molecule has 0 spiro atoms. The number of anilines is 2. The number of rotatable bonds is 10. The molecule has 0 aliphatic carbocycles.